The van der Waals surface area contributed by atoms with Gasteiger partial charge in [0.1, 0.15) is 5.52 Å². The zero-order chi connectivity index (χ0) is 19.6. The smallest absolute Gasteiger partial charge is 0.260 e. The summed E-state index contributed by atoms with van der Waals surface area (Å²) < 4.78 is 13.1. The number of methoxy groups -OCH3 is 2. The third-order valence-electron chi connectivity index (χ3n) is 4.09. The maximum Gasteiger partial charge on any atom is 0.260 e. The van der Waals surface area contributed by atoms with E-state index >= 15 is 0 Å². The van der Waals surface area contributed by atoms with Crippen molar-refractivity contribution in [3.05, 3.63) is 24.2 Å². The number of anilines is 2. The first kappa shape index (κ1) is 19.1. The second-order valence-corrected chi connectivity index (χ2v) is 7.13. The highest BCUT2D eigenvalue weighted by atomic mass is 32.1. The van der Waals surface area contributed by atoms with Gasteiger partial charge >= 0.3 is 0 Å². The molecule has 27 heavy (non-hydrogen) atoms. The Balaban J connectivity index is 1.94. The number of fused-ring (bicyclic) bond motifs is 1. The van der Waals surface area contributed by atoms with Crippen LogP contribution in [0, 0.1) is 0 Å². The van der Waals surface area contributed by atoms with Crippen LogP contribution in [0.1, 0.15) is 17.3 Å². The van der Waals surface area contributed by atoms with Crippen LogP contribution in [0.5, 0.6) is 5.88 Å². The number of hydrogen-bond acceptors (Lipinski definition) is 8. The van der Waals surface area contributed by atoms with Gasteiger partial charge in [0.2, 0.25) is 5.88 Å². The fourth-order valence-corrected chi connectivity index (χ4v) is 3.64. The van der Waals surface area contributed by atoms with Crippen LogP contribution in [0.4, 0.5) is 10.8 Å². The van der Waals surface area contributed by atoms with Crippen LogP contribution in [0.3, 0.4) is 0 Å². The standard InChI is InChI=1S/C17H22N6O3S/c1-10(25-4)8-22(2)12-7-18-16(26-5)13-14(12)27-17(20-13)21-15(24)11-6-19-23(3)9-11/h6-7,9-10H,8H2,1-5H3,(H,20,21,24). The first-order valence-corrected chi connectivity index (χ1v) is 9.12. The van der Waals surface area contributed by atoms with E-state index in [1.165, 1.54) is 17.5 Å². The van der Waals surface area contributed by atoms with E-state index in [1.807, 2.05) is 18.9 Å². The summed E-state index contributed by atoms with van der Waals surface area (Å²) >= 11 is 1.37. The predicted octanol–water partition coefficient (Wildman–Crippen LogP) is 2.16. The van der Waals surface area contributed by atoms with Gasteiger partial charge in [-0.2, -0.15) is 5.10 Å². The lowest BCUT2D eigenvalue weighted by atomic mass is 10.3. The molecule has 1 unspecified atom stereocenters. The average Bonchev–Trinajstić information content (AvgIpc) is 3.26. The van der Waals surface area contributed by atoms with Crippen molar-refractivity contribution in [3.8, 4) is 5.88 Å². The van der Waals surface area contributed by atoms with E-state index in [0.717, 1.165) is 10.4 Å². The summed E-state index contributed by atoms with van der Waals surface area (Å²) in [5, 5.41) is 7.30. The maximum atomic E-state index is 12.4. The third kappa shape index (κ3) is 4.01. The van der Waals surface area contributed by atoms with Gasteiger partial charge in [-0.15, -0.1) is 0 Å². The van der Waals surface area contributed by atoms with Gasteiger partial charge in [-0.3, -0.25) is 14.8 Å². The summed E-state index contributed by atoms with van der Waals surface area (Å²) in [6.45, 7) is 2.69. The molecule has 3 rings (SSSR count). The van der Waals surface area contributed by atoms with Gasteiger partial charge in [0.15, 0.2) is 5.13 Å². The zero-order valence-corrected chi connectivity index (χ0v) is 16.7. The molecule has 1 amide bonds. The molecule has 0 saturated carbocycles. The number of ether oxygens (including phenoxy) is 2. The van der Waals surface area contributed by atoms with E-state index < -0.39 is 0 Å². The number of likely N-dealkylation sites (N-methyl/N-ethyl adjacent to an activating group) is 1. The molecule has 0 aliphatic rings. The first-order valence-electron chi connectivity index (χ1n) is 8.30. The number of rotatable bonds is 7. The van der Waals surface area contributed by atoms with Crippen LogP contribution in [0.2, 0.25) is 0 Å². The topological polar surface area (TPSA) is 94.4 Å². The molecule has 0 aliphatic carbocycles. The molecule has 3 aromatic rings. The normalized spacial score (nSPS) is 12.2. The lowest BCUT2D eigenvalue weighted by Gasteiger charge is -2.22. The van der Waals surface area contributed by atoms with Gasteiger partial charge in [0.25, 0.3) is 5.91 Å². The molecule has 0 fully saturated rings. The number of hydrogen-bond donors (Lipinski definition) is 1. The fraction of sp³-hybridized carbons (Fsp3) is 0.412. The minimum atomic E-state index is -0.267. The van der Waals surface area contributed by atoms with E-state index in [1.54, 1.807) is 38.3 Å². The quantitative estimate of drug-likeness (QED) is 0.660. The molecule has 0 aromatic carbocycles. The number of carbonyl (C=O) groups excluding carboxylic acids is 1. The molecule has 9 nitrogen and oxygen atoms in total. The highest BCUT2D eigenvalue weighted by molar-refractivity contribution is 7.23. The molecule has 10 heteroatoms. The molecule has 0 radical (unpaired) electrons. The van der Waals surface area contributed by atoms with E-state index in [2.05, 4.69) is 20.4 Å². The van der Waals surface area contributed by atoms with E-state index in [-0.39, 0.29) is 12.0 Å². The van der Waals surface area contributed by atoms with Gasteiger partial charge < -0.3 is 14.4 Å². The molecule has 0 bridgehead atoms. The summed E-state index contributed by atoms with van der Waals surface area (Å²) in [5.41, 5.74) is 1.97. The van der Waals surface area contributed by atoms with E-state index in [0.29, 0.717) is 28.6 Å². The molecule has 1 atom stereocenters. The summed E-state index contributed by atoms with van der Waals surface area (Å²) in [6.07, 6.45) is 4.96. The van der Waals surface area contributed by atoms with Crippen LogP contribution < -0.4 is 15.0 Å². The summed E-state index contributed by atoms with van der Waals surface area (Å²) in [7, 11) is 6.95. The Hall–Kier alpha value is -2.72. The van der Waals surface area contributed by atoms with Gasteiger partial charge in [0.05, 0.1) is 41.6 Å². The number of pyridine rings is 1. The number of nitrogens with one attached hydrogen (secondary N) is 1. The van der Waals surface area contributed by atoms with Crippen molar-refractivity contribution < 1.29 is 14.3 Å². The number of carbonyl (C=O) groups is 1. The first-order chi connectivity index (χ1) is 12.9. The number of aromatic nitrogens is 4. The van der Waals surface area contributed by atoms with E-state index in [4.69, 9.17) is 9.47 Å². The summed E-state index contributed by atoms with van der Waals surface area (Å²) in [6, 6.07) is 0. The molecule has 3 aromatic heterocycles. The SMILES string of the molecule is COc1ncc(N(C)CC(C)OC)c2sc(NC(=O)c3cnn(C)c3)nc12. The zero-order valence-electron chi connectivity index (χ0n) is 15.9. The van der Waals surface area contributed by atoms with Crippen molar-refractivity contribution >= 4 is 38.3 Å². The third-order valence-corrected chi connectivity index (χ3v) is 5.09. The predicted molar refractivity (Wildman–Crippen MR) is 105 cm³/mol. The average molecular weight is 390 g/mol. The molecular formula is C17H22N6O3S. The fourth-order valence-electron chi connectivity index (χ4n) is 2.62. The van der Waals surface area contributed by atoms with Crippen LogP contribution in [0.25, 0.3) is 10.2 Å². The van der Waals surface area contributed by atoms with Crippen molar-refractivity contribution in [2.24, 2.45) is 7.05 Å². The molecule has 0 spiro atoms. The molecule has 3 heterocycles. The van der Waals surface area contributed by atoms with Crippen LogP contribution in [0.15, 0.2) is 18.6 Å². The number of aryl methyl sites for hydroxylation is 1. The Labute approximate surface area is 160 Å². The maximum absolute atomic E-state index is 12.4. The molecular weight excluding hydrogens is 368 g/mol. The Bertz CT molecular complexity index is 953. The Morgan fingerprint density at radius 1 is 1.41 bits per heavy atom. The van der Waals surface area contributed by atoms with Gasteiger partial charge in [-0.05, 0) is 6.92 Å². The number of amides is 1. The van der Waals surface area contributed by atoms with Crippen LogP contribution in [-0.4, -0.2) is 59.6 Å². The largest absolute Gasteiger partial charge is 0.479 e. The second-order valence-electron chi connectivity index (χ2n) is 6.13. The Morgan fingerprint density at radius 2 is 2.19 bits per heavy atom. The summed E-state index contributed by atoms with van der Waals surface area (Å²) in [4.78, 5) is 23.3. The van der Waals surface area contributed by atoms with E-state index in [9.17, 15) is 4.79 Å². The van der Waals surface area contributed by atoms with Crippen molar-refractivity contribution in [1.29, 1.82) is 0 Å². The Morgan fingerprint density at radius 3 is 2.81 bits per heavy atom. The van der Waals surface area contributed by atoms with Crippen LogP contribution in [-0.2, 0) is 11.8 Å². The highest BCUT2D eigenvalue weighted by Gasteiger charge is 2.19. The van der Waals surface area contributed by atoms with Crippen molar-refractivity contribution in [3.63, 3.8) is 0 Å². The molecule has 1 N–H and O–H groups in total. The monoisotopic (exact) mass is 390 g/mol. The molecule has 0 aliphatic heterocycles. The minimum absolute atomic E-state index is 0.0600. The number of nitrogens with zero attached hydrogens (tertiary/aromatic N) is 5. The lowest BCUT2D eigenvalue weighted by Crippen LogP contribution is -2.28. The van der Waals surface area contributed by atoms with Crippen molar-refractivity contribution in [2.45, 2.75) is 13.0 Å². The number of thiazole rings is 1. The van der Waals surface area contributed by atoms with Crippen molar-refractivity contribution in [2.75, 3.05) is 38.0 Å². The second kappa shape index (κ2) is 7.89. The van der Waals surface area contributed by atoms with Gasteiger partial charge in [-0.1, -0.05) is 11.3 Å². The molecule has 0 saturated heterocycles. The Kier molecular flexibility index (Phi) is 5.57. The van der Waals surface area contributed by atoms with Gasteiger partial charge in [0, 0.05) is 33.9 Å². The minimum Gasteiger partial charge on any atom is -0.479 e. The van der Waals surface area contributed by atoms with Crippen LogP contribution >= 0.6 is 11.3 Å². The highest BCUT2D eigenvalue weighted by Crippen LogP contribution is 2.37. The van der Waals surface area contributed by atoms with Crippen molar-refractivity contribution in [1.82, 2.24) is 19.7 Å². The van der Waals surface area contributed by atoms with Gasteiger partial charge in [-0.25, -0.2) is 9.97 Å². The molecule has 144 valence electrons. The lowest BCUT2D eigenvalue weighted by molar-refractivity contribution is 0.102. The summed E-state index contributed by atoms with van der Waals surface area (Å²) in [5.74, 6) is 0.150.